The Morgan fingerprint density at radius 3 is 1.12 bits per heavy atom. The van der Waals surface area contributed by atoms with Crippen LogP contribution in [0.3, 0.4) is 0 Å². The van der Waals surface area contributed by atoms with Gasteiger partial charge in [0, 0.05) is 19.3 Å². The number of carbonyl (C=O) groups excluding carboxylic acids is 3. The van der Waals surface area contributed by atoms with Crippen molar-refractivity contribution in [2.75, 3.05) is 13.2 Å². The van der Waals surface area contributed by atoms with Gasteiger partial charge >= 0.3 is 17.9 Å². The second-order valence-corrected chi connectivity index (χ2v) is 15.6. The first-order chi connectivity index (χ1) is 29.0. The molecule has 59 heavy (non-hydrogen) atoms. The van der Waals surface area contributed by atoms with E-state index < -0.39 is 6.10 Å². The zero-order valence-electron chi connectivity index (χ0n) is 38.2. The lowest BCUT2D eigenvalue weighted by Crippen LogP contribution is -2.30. The monoisotopic (exact) mass is 821 g/mol. The molecule has 0 saturated carbocycles. The highest BCUT2D eigenvalue weighted by Crippen LogP contribution is 2.12. The van der Waals surface area contributed by atoms with Crippen molar-refractivity contribution in [2.24, 2.45) is 0 Å². The van der Waals surface area contributed by atoms with Gasteiger partial charge in [-0.2, -0.15) is 0 Å². The van der Waals surface area contributed by atoms with Crippen molar-refractivity contribution in [1.82, 2.24) is 0 Å². The fourth-order valence-corrected chi connectivity index (χ4v) is 6.21. The number of ether oxygens (including phenoxy) is 3. The second kappa shape index (κ2) is 47.3. The van der Waals surface area contributed by atoms with Crippen LogP contribution in [0.25, 0.3) is 0 Å². The summed E-state index contributed by atoms with van der Waals surface area (Å²) in [5, 5.41) is 0. The SMILES string of the molecule is CC/C=C\C/C=C\C/C=C\C/C=C\C/C=C\CCCCCC(=O)OCC(COC(=O)CCCCCC/C=C\CCCC)OC(=O)CCCCCCC/C=C\CCCCC. The number of carbonyl (C=O) groups is 3. The Hall–Kier alpha value is -3.41. The molecule has 0 aromatic rings. The quantitative estimate of drug-likeness (QED) is 0.0264. The Morgan fingerprint density at radius 1 is 0.356 bits per heavy atom. The van der Waals surface area contributed by atoms with E-state index in [1.165, 1.54) is 44.9 Å². The average Bonchev–Trinajstić information content (AvgIpc) is 3.23. The third-order valence-electron chi connectivity index (χ3n) is 9.85. The molecule has 0 aliphatic rings. The molecule has 0 radical (unpaired) electrons. The minimum atomic E-state index is -0.797. The van der Waals surface area contributed by atoms with E-state index >= 15 is 0 Å². The molecule has 6 heteroatoms. The lowest BCUT2D eigenvalue weighted by Gasteiger charge is -2.18. The van der Waals surface area contributed by atoms with Crippen LogP contribution in [-0.4, -0.2) is 37.2 Å². The Balaban J connectivity index is 4.43. The Labute approximate surface area is 363 Å². The number of hydrogen-bond acceptors (Lipinski definition) is 6. The highest BCUT2D eigenvalue weighted by molar-refractivity contribution is 5.71. The average molecular weight is 821 g/mol. The summed E-state index contributed by atoms with van der Waals surface area (Å²) in [6.45, 7) is 6.39. The van der Waals surface area contributed by atoms with E-state index in [1.54, 1.807) is 0 Å². The molecule has 0 aliphatic carbocycles. The van der Waals surface area contributed by atoms with Crippen LogP contribution in [0.5, 0.6) is 0 Å². The van der Waals surface area contributed by atoms with Crippen LogP contribution in [0.4, 0.5) is 0 Å². The fourth-order valence-electron chi connectivity index (χ4n) is 6.21. The van der Waals surface area contributed by atoms with Crippen LogP contribution < -0.4 is 0 Å². The zero-order valence-corrected chi connectivity index (χ0v) is 38.2. The van der Waals surface area contributed by atoms with E-state index in [-0.39, 0.29) is 31.1 Å². The Bertz CT molecular complexity index is 1170. The lowest BCUT2D eigenvalue weighted by molar-refractivity contribution is -0.167. The minimum Gasteiger partial charge on any atom is -0.462 e. The lowest BCUT2D eigenvalue weighted by atomic mass is 10.1. The molecule has 0 amide bonds. The topological polar surface area (TPSA) is 78.9 Å². The second-order valence-electron chi connectivity index (χ2n) is 15.6. The molecule has 0 spiro atoms. The van der Waals surface area contributed by atoms with E-state index in [4.69, 9.17) is 14.2 Å². The van der Waals surface area contributed by atoms with Gasteiger partial charge in [-0.3, -0.25) is 14.4 Å². The number of allylic oxidation sites excluding steroid dienone is 14. The molecule has 0 N–H and O–H groups in total. The minimum absolute atomic E-state index is 0.0976. The molecule has 0 aromatic heterocycles. The first-order valence-corrected chi connectivity index (χ1v) is 24.1. The molecule has 0 aliphatic heterocycles. The Kier molecular flexibility index (Phi) is 44.5. The molecule has 6 nitrogen and oxygen atoms in total. The van der Waals surface area contributed by atoms with Crippen LogP contribution >= 0.6 is 0 Å². The molecule has 1 atom stereocenters. The van der Waals surface area contributed by atoms with Crippen molar-refractivity contribution >= 4 is 17.9 Å². The van der Waals surface area contributed by atoms with Crippen LogP contribution in [-0.2, 0) is 28.6 Å². The number of hydrogen-bond donors (Lipinski definition) is 0. The van der Waals surface area contributed by atoms with Crippen molar-refractivity contribution in [3.8, 4) is 0 Å². The normalized spacial score (nSPS) is 12.8. The van der Waals surface area contributed by atoms with Gasteiger partial charge in [-0.05, 0) is 109 Å². The fraction of sp³-hybridized carbons (Fsp3) is 0.679. The molecule has 0 aromatic carbocycles. The summed E-state index contributed by atoms with van der Waals surface area (Å²) in [7, 11) is 0. The van der Waals surface area contributed by atoms with Crippen LogP contribution in [0.1, 0.15) is 213 Å². The van der Waals surface area contributed by atoms with Crippen molar-refractivity contribution in [3.63, 3.8) is 0 Å². The van der Waals surface area contributed by atoms with Crippen molar-refractivity contribution < 1.29 is 28.6 Å². The third-order valence-corrected chi connectivity index (χ3v) is 9.85. The van der Waals surface area contributed by atoms with Gasteiger partial charge in [0.05, 0.1) is 0 Å². The van der Waals surface area contributed by atoms with Crippen molar-refractivity contribution in [3.05, 3.63) is 85.1 Å². The molecular formula is C53H88O6. The first-order valence-electron chi connectivity index (χ1n) is 24.1. The largest absolute Gasteiger partial charge is 0.462 e. The molecular weight excluding hydrogens is 733 g/mol. The molecule has 0 bridgehead atoms. The molecule has 336 valence electrons. The van der Waals surface area contributed by atoms with Gasteiger partial charge in [0.25, 0.3) is 0 Å². The maximum Gasteiger partial charge on any atom is 0.306 e. The summed E-state index contributed by atoms with van der Waals surface area (Å²) in [6, 6.07) is 0. The summed E-state index contributed by atoms with van der Waals surface area (Å²) >= 11 is 0. The van der Waals surface area contributed by atoms with Gasteiger partial charge in [0.1, 0.15) is 13.2 Å². The highest BCUT2D eigenvalue weighted by atomic mass is 16.6. The number of unbranched alkanes of at least 4 members (excludes halogenated alkanes) is 17. The van der Waals surface area contributed by atoms with E-state index in [0.717, 1.165) is 128 Å². The van der Waals surface area contributed by atoms with E-state index in [2.05, 4.69) is 106 Å². The summed E-state index contributed by atoms with van der Waals surface area (Å²) in [5.74, 6) is -0.959. The van der Waals surface area contributed by atoms with E-state index in [0.29, 0.717) is 19.3 Å². The van der Waals surface area contributed by atoms with Gasteiger partial charge in [0.2, 0.25) is 0 Å². The smallest absolute Gasteiger partial charge is 0.306 e. The standard InChI is InChI=1S/C53H88O6/c1-4-7-10-13-16-19-22-24-25-26-27-28-29-30-32-34-37-40-43-46-52(55)58-49-50(48-57-51(54)45-42-39-36-33-21-18-15-12-9-6-3)59-53(56)47-44-41-38-35-31-23-20-17-14-11-8-5-2/h7,10,15-20,24-25,27-28,30,32,50H,4-6,8-9,11-14,21-23,26,29,31,33-49H2,1-3H3/b10-7-,18-15-,19-16-,20-17-,25-24-,28-27-,32-30-. The summed E-state index contributed by atoms with van der Waals surface area (Å²) < 4.78 is 16.7. The van der Waals surface area contributed by atoms with Gasteiger partial charge in [-0.25, -0.2) is 0 Å². The van der Waals surface area contributed by atoms with Crippen molar-refractivity contribution in [2.45, 2.75) is 219 Å². The van der Waals surface area contributed by atoms with Gasteiger partial charge in [-0.1, -0.05) is 170 Å². The maximum absolute atomic E-state index is 12.7. The van der Waals surface area contributed by atoms with Crippen LogP contribution in [0, 0.1) is 0 Å². The van der Waals surface area contributed by atoms with E-state index in [1.807, 2.05) is 0 Å². The molecule has 0 fully saturated rings. The van der Waals surface area contributed by atoms with Gasteiger partial charge in [0.15, 0.2) is 6.10 Å². The van der Waals surface area contributed by atoms with Gasteiger partial charge < -0.3 is 14.2 Å². The summed E-state index contributed by atoms with van der Waals surface area (Å²) in [4.78, 5) is 37.8. The van der Waals surface area contributed by atoms with Gasteiger partial charge in [-0.15, -0.1) is 0 Å². The van der Waals surface area contributed by atoms with Crippen molar-refractivity contribution in [1.29, 1.82) is 0 Å². The zero-order chi connectivity index (χ0) is 43.0. The van der Waals surface area contributed by atoms with E-state index in [9.17, 15) is 14.4 Å². The summed E-state index contributed by atoms with van der Waals surface area (Å²) in [6.07, 6.45) is 59.9. The molecule has 0 heterocycles. The number of esters is 3. The highest BCUT2D eigenvalue weighted by Gasteiger charge is 2.19. The van der Waals surface area contributed by atoms with Crippen LogP contribution in [0.15, 0.2) is 85.1 Å². The maximum atomic E-state index is 12.7. The summed E-state index contributed by atoms with van der Waals surface area (Å²) in [5.41, 5.74) is 0. The predicted octanol–water partition coefficient (Wildman–Crippen LogP) is 15.6. The third kappa shape index (κ3) is 45.5. The predicted molar refractivity (Wildman–Crippen MR) is 251 cm³/mol. The Morgan fingerprint density at radius 2 is 0.678 bits per heavy atom. The molecule has 1 unspecified atom stereocenters. The van der Waals surface area contributed by atoms with Crippen LogP contribution in [0.2, 0.25) is 0 Å². The molecule has 0 saturated heterocycles. The molecule has 0 rings (SSSR count). The first kappa shape index (κ1) is 55.6. The number of rotatable bonds is 42.